The molecule has 8 heteroatoms. The van der Waals surface area contributed by atoms with Crippen LogP contribution in [0.15, 0.2) is 99.9 Å². The molecule has 1 aromatic heterocycles. The van der Waals surface area contributed by atoms with Crippen molar-refractivity contribution >= 4 is 35.0 Å². The fourth-order valence-electron chi connectivity index (χ4n) is 4.33. The molecule has 0 spiro atoms. The van der Waals surface area contributed by atoms with Gasteiger partial charge in [0.1, 0.15) is 12.4 Å². The first-order chi connectivity index (χ1) is 18.5. The molecule has 1 aliphatic rings. The van der Waals surface area contributed by atoms with Gasteiger partial charge in [0.15, 0.2) is 4.80 Å². The number of fused-ring (bicyclic) bond motifs is 1. The number of esters is 1. The highest BCUT2D eigenvalue weighted by molar-refractivity contribution is 7.07. The van der Waals surface area contributed by atoms with Crippen molar-refractivity contribution in [2.45, 2.75) is 26.5 Å². The van der Waals surface area contributed by atoms with Crippen molar-refractivity contribution in [2.24, 2.45) is 4.99 Å². The zero-order valence-corrected chi connectivity index (χ0v) is 22.5. The number of benzene rings is 3. The van der Waals surface area contributed by atoms with E-state index in [0.29, 0.717) is 38.0 Å². The molecule has 0 radical (unpaired) electrons. The van der Waals surface area contributed by atoms with E-state index in [0.717, 1.165) is 16.7 Å². The van der Waals surface area contributed by atoms with E-state index in [4.69, 9.17) is 21.1 Å². The fourth-order valence-corrected chi connectivity index (χ4v) is 5.57. The number of aromatic nitrogens is 1. The Hall–Kier alpha value is -3.94. The van der Waals surface area contributed by atoms with E-state index in [1.54, 1.807) is 18.4 Å². The normalized spacial score (nSPS) is 15.1. The Balaban J connectivity index is 1.49. The lowest BCUT2D eigenvalue weighted by atomic mass is 9.96. The minimum atomic E-state index is -0.616. The van der Waals surface area contributed by atoms with Crippen LogP contribution in [0.2, 0.25) is 5.02 Å². The highest BCUT2D eigenvalue weighted by atomic mass is 35.5. The molecule has 0 fully saturated rings. The van der Waals surface area contributed by atoms with Crippen LogP contribution in [-0.2, 0) is 16.1 Å². The maximum atomic E-state index is 13.7. The predicted octanol–water partition coefficient (Wildman–Crippen LogP) is 5.03. The molecular weight excluding hydrogens is 520 g/mol. The largest absolute Gasteiger partial charge is 0.489 e. The number of thiazole rings is 1. The summed E-state index contributed by atoms with van der Waals surface area (Å²) in [6, 6.07) is 23.9. The fraction of sp³-hybridized carbons (Fsp3) is 0.167. The van der Waals surface area contributed by atoms with E-state index in [1.165, 1.54) is 11.3 Å². The van der Waals surface area contributed by atoms with Gasteiger partial charge >= 0.3 is 5.97 Å². The van der Waals surface area contributed by atoms with E-state index in [2.05, 4.69) is 4.99 Å². The van der Waals surface area contributed by atoms with Gasteiger partial charge in [0.25, 0.3) is 5.56 Å². The highest BCUT2D eigenvalue weighted by Gasteiger charge is 2.33. The van der Waals surface area contributed by atoms with Crippen molar-refractivity contribution in [3.05, 3.63) is 132 Å². The zero-order chi connectivity index (χ0) is 26.6. The van der Waals surface area contributed by atoms with E-state index in [9.17, 15) is 9.59 Å². The van der Waals surface area contributed by atoms with E-state index in [1.807, 2.05) is 84.9 Å². The van der Waals surface area contributed by atoms with Crippen molar-refractivity contribution in [3.8, 4) is 5.75 Å². The molecule has 0 saturated carbocycles. The van der Waals surface area contributed by atoms with Crippen LogP contribution in [0.4, 0.5) is 0 Å². The molecule has 2 heterocycles. The quantitative estimate of drug-likeness (QED) is 0.306. The second kappa shape index (κ2) is 11.2. The summed E-state index contributed by atoms with van der Waals surface area (Å²) in [5.74, 6) is 0.228. The number of hydrogen-bond acceptors (Lipinski definition) is 6. The number of halogens is 1. The van der Waals surface area contributed by atoms with Gasteiger partial charge in [0.2, 0.25) is 0 Å². The molecule has 0 aliphatic carbocycles. The van der Waals surface area contributed by atoms with Crippen LogP contribution >= 0.6 is 22.9 Å². The standard InChI is InChI=1S/C30H25ClN2O4S/c1-3-36-29(35)26-19(2)32-30-33(27(26)21-9-5-4-6-10-21)28(34)25(38-30)17-20-13-15-23(16-14-20)37-18-22-11-7-8-12-24(22)31/h4-17,27H,3,18H2,1-2H3/b25-17+/t27-/m1/s1. The highest BCUT2D eigenvalue weighted by Crippen LogP contribution is 2.30. The Morgan fingerprint density at radius 2 is 1.76 bits per heavy atom. The van der Waals surface area contributed by atoms with Crippen LogP contribution in [-0.4, -0.2) is 17.1 Å². The summed E-state index contributed by atoms with van der Waals surface area (Å²) >= 11 is 7.51. The zero-order valence-electron chi connectivity index (χ0n) is 20.9. The van der Waals surface area contributed by atoms with Gasteiger partial charge in [-0.3, -0.25) is 9.36 Å². The Morgan fingerprint density at radius 3 is 2.47 bits per heavy atom. The molecule has 0 unspecified atom stereocenters. The molecular formula is C30H25ClN2O4S. The van der Waals surface area contributed by atoms with Crippen molar-refractivity contribution in [2.75, 3.05) is 6.61 Å². The van der Waals surface area contributed by atoms with E-state index >= 15 is 0 Å². The van der Waals surface area contributed by atoms with Gasteiger partial charge in [0, 0.05) is 10.6 Å². The number of nitrogens with zero attached hydrogens (tertiary/aromatic N) is 2. The second-order valence-electron chi connectivity index (χ2n) is 8.66. The van der Waals surface area contributed by atoms with Crippen molar-refractivity contribution < 1.29 is 14.3 Å². The third kappa shape index (κ3) is 5.21. The maximum Gasteiger partial charge on any atom is 0.338 e. The molecule has 3 aromatic carbocycles. The number of carbonyl (C=O) groups excluding carboxylic acids is 1. The summed E-state index contributed by atoms with van der Waals surface area (Å²) in [5.41, 5.74) is 3.28. The molecule has 192 valence electrons. The van der Waals surface area contributed by atoms with Gasteiger partial charge in [-0.05, 0) is 49.2 Å². The van der Waals surface area contributed by atoms with Crippen molar-refractivity contribution in [1.82, 2.24) is 4.57 Å². The molecule has 0 saturated heterocycles. The summed E-state index contributed by atoms with van der Waals surface area (Å²) in [7, 11) is 0. The molecule has 38 heavy (non-hydrogen) atoms. The summed E-state index contributed by atoms with van der Waals surface area (Å²) in [5, 5.41) is 0.662. The second-order valence-corrected chi connectivity index (χ2v) is 10.1. The minimum absolute atomic E-state index is 0.212. The number of ether oxygens (including phenoxy) is 2. The van der Waals surface area contributed by atoms with Gasteiger partial charge in [-0.25, -0.2) is 9.79 Å². The number of hydrogen-bond donors (Lipinski definition) is 0. The van der Waals surface area contributed by atoms with E-state index in [-0.39, 0.29) is 12.2 Å². The molecule has 1 aliphatic heterocycles. The van der Waals surface area contributed by atoms with Crippen LogP contribution < -0.4 is 19.6 Å². The van der Waals surface area contributed by atoms with Crippen molar-refractivity contribution in [1.29, 1.82) is 0 Å². The molecule has 1 atom stereocenters. The van der Waals surface area contributed by atoms with Gasteiger partial charge in [-0.2, -0.15) is 0 Å². The number of rotatable bonds is 7. The summed E-state index contributed by atoms with van der Waals surface area (Å²) in [6.45, 7) is 4.13. The lowest BCUT2D eigenvalue weighted by molar-refractivity contribution is -0.139. The Kier molecular flexibility index (Phi) is 7.58. The molecule has 6 nitrogen and oxygen atoms in total. The average Bonchev–Trinajstić information content (AvgIpc) is 3.23. The van der Waals surface area contributed by atoms with Gasteiger partial charge in [-0.1, -0.05) is 83.6 Å². The monoisotopic (exact) mass is 544 g/mol. The topological polar surface area (TPSA) is 69.9 Å². The molecule has 0 bridgehead atoms. The first kappa shape index (κ1) is 25.7. The summed E-state index contributed by atoms with van der Waals surface area (Å²) in [4.78, 5) is 31.7. The number of allylic oxidation sites excluding steroid dienone is 1. The van der Waals surface area contributed by atoms with Crippen LogP contribution in [0.1, 0.15) is 36.6 Å². The van der Waals surface area contributed by atoms with Gasteiger partial charge in [0.05, 0.1) is 28.5 Å². The Morgan fingerprint density at radius 1 is 1.05 bits per heavy atom. The molecule has 5 rings (SSSR count). The first-order valence-electron chi connectivity index (χ1n) is 12.2. The van der Waals surface area contributed by atoms with Crippen LogP contribution in [0, 0.1) is 0 Å². The Labute approximate surface area is 228 Å². The lowest BCUT2D eigenvalue weighted by Gasteiger charge is -2.24. The van der Waals surface area contributed by atoms with Crippen LogP contribution in [0.5, 0.6) is 5.75 Å². The van der Waals surface area contributed by atoms with Gasteiger partial charge < -0.3 is 9.47 Å². The lowest BCUT2D eigenvalue weighted by Crippen LogP contribution is -2.39. The maximum absolute atomic E-state index is 13.7. The molecule has 0 N–H and O–H groups in total. The Bertz CT molecular complexity index is 1690. The SMILES string of the molecule is CCOC(=O)C1=C(C)N=c2s/c(=C/c3ccc(OCc4ccccc4Cl)cc3)c(=O)n2[C@@H]1c1ccccc1. The van der Waals surface area contributed by atoms with Crippen molar-refractivity contribution in [3.63, 3.8) is 0 Å². The van der Waals surface area contributed by atoms with Crippen LogP contribution in [0.25, 0.3) is 6.08 Å². The molecule has 0 amide bonds. The predicted molar refractivity (Wildman–Crippen MR) is 149 cm³/mol. The van der Waals surface area contributed by atoms with E-state index < -0.39 is 12.0 Å². The van der Waals surface area contributed by atoms with Crippen LogP contribution in [0.3, 0.4) is 0 Å². The van der Waals surface area contributed by atoms with Gasteiger partial charge in [-0.15, -0.1) is 0 Å². The third-order valence-corrected chi connectivity index (χ3v) is 7.51. The smallest absolute Gasteiger partial charge is 0.338 e. The average molecular weight is 545 g/mol. The third-order valence-electron chi connectivity index (χ3n) is 6.16. The first-order valence-corrected chi connectivity index (χ1v) is 13.4. The summed E-state index contributed by atoms with van der Waals surface area (Å²) < 4.78 is 13.3. The summed E-state index contributed by atoms with van der Waals surface area (Å²) in [6.07, 6.45) is 1.83. The number of carbonyl (C=O) groups is 1. The molecule has 4 aromatic rings. The minimum Gasteiger partial charge on any atom is -0.489 e.